The van der Waals surface area contributed by atoms with Gasteiger partial charge in [-0.3, -0.25) is 9.59 Å². The maximum atomic E-state index is 13.6. The van der Waals surface area contributed by atoms with Crippen LogP contribution in [0.5, 0.6) is 11.5 Å². The monoisotopic (exact) mass is 702 g/mol. The van der Waals surface area contributed by atoms with Crippen molar-refractivity contribution >= 4 is 17.8 Å². The first-order valence-electron chi connectivity index (χ1n) is 17.6. The fourth-order valence-corrected chi connectivity index (χ4v) is 5.79. The predicted octanol–water partition coefficient (Wildman–Crippen LogP) is 5.03. The molecule has 1 aliphatic heterocycles. The van der Waals surface area contributed by atoms with Gasteiger partial charge in [0, 0.05) is 39.0 Å². The van der Waals surface area contributed by atoms with Gasteiger partial charge in [-0.2, -0.15) is 0 Å². The van der Waals surface area contributed by atoms with Gasteiger partial charge in [0.1, 0.15) is 25.9 Å². The molecule has 0 aromatic heterocycles. The summed E-state index contributed by atoms with van der Waals surface area (Å²) in [6.07, 6.45) is 0.627. The zero-order valence-electron chi connectivity index (χ0n) is 30.0. The molecule has 2 fully saturated rings. The molecule has 2 N–H and O–H groups in total. The minimum absolute atomic E-state index is 0.0452. The van der Waals surface area contributed by atoms with Crippen LogP contribution in [0.15, 0.2) is 72.8 Å². The van der Waals surface area contributed by atoms with Crippen LogP contribution >= 0.6 is 0 Å². The van der Waals surface area contributed by atoms with E-state index in [2.05, 4.69) is 10.6 Å². The van der Waals surface area contributed by atoms with Crippen LogP contribution in [0, 0.1) is 24.7 Å². The lowest BCUT2D eigenvalue weighted by Crippen LogP contribution is -2.53. The van der Waals surface area contributed by atoms with Gasteiger partial charge in [0.25, 0.3) is 0 Å². The molecule has 1 aliphatic carbocycles. The number of rotatable bonds is 19. The number of aryl methyl sites for hydroxylation is 1. The summed E-state index contributed by atoms with van der Waals surface area (Å²) < 4.78 is 34.6. The van der Waals surface area contributed by atoms with Crippen LogP contribution in [0.2, 0.25) is 0 Å². The highest BCUT2D eigenvalue weighted by atomic mass is 16.6. The van der Waals surface area contributed by atoms with Crippen LogP contribution in [0.25, 0.3) is 0 Å². The second kappa shape index (κ2) is 18.2. The summed E-state index contributed by atoms with van der Waals surface area (Å²) >= 11 is 0. The third kappa shape index (κ3) is 11.5. The van der Waals surface area contributed by atoms with Gasteiger partial charge in [-0.15, -0.1) is 0 Å². The van der Waals surface area contributed by atoms with Gasteiger partial charge in [0.15, 0.2) is 11.5 Å². The summed E-state index contributed by atoms with van der Waals surface area (Å²) in [5, 5.41) is 6.38. The highest BCUT2D eigenvalue weighted by molar-refractivity contribution is 5.92. The molecule has 51 heavy (non-hydrogen) atoms. The van der Waals surface area contributed by atoms with E-state index in [9.17, 15) is 14.4 Å². The molecule has 0 radical (unpaired) electrons. The second-order valence-electron chi connectivity index (χ2n) is 13.9. The summed E-state index contributed by atoms with van der Waals surface area (Å²) in [7, 11) is 1.61. The number of nitrogens with one attached hydrogen (secondary N) is 2. The number of benzene rings is 3. The van der Waals surface area contributed by atoms with Crippen molar-refractivity contribution in [2.24, 2.45) is 17.8 Å². The Morgan fingerprint density at radius 3 is 2.20 bits per heavy atom. The quantitative estimate of drug-likeness (QED) is 0.164. The molecule has 274 valence electrons. The number of carbonyl (C=O) groups is 3. The van der Waals surface area contributed by atoms with E-state index in [0.29, 0.717) is 68.4 Å². The molecule has 11 nitrogen and oxygen atoms in total. The molecule has 0 spiro atoms. The van der Waals surface area contributed by atoms with Crippen molar-refractivity contribution in [3.05, 3.63) is 95.1 Å². The Hall–Kier alpha value is -4.45. The number of hydrogen-bond acceptors (Lipinski definition) is 10. The van der Waals surface area contributed by atoms with Gasteiger partial charge < -0.3 is 39.1 Å². The number of methoxy groups -OCH3 is 1. The molecule has 4 unspecified atom stereocenters. The molecule has 1 saturated carbocycles. The lowest BCUT2D eigenvalue weighted by atomic mass is 10.0. The molecule has 4 atom stereocenters. The lowest BCUT2D eigenvalue weighted by Gasteiger charge is -2.29. The second-order valence-corrected chi connectivity index (χ2v) is 13.9. The van der Waals surface area contributed by atoms with Crippen molar-refractivity contribution < 1.29 is 42.8 Å². The SMILES string of the molecule is COCC1CC1C(=O)OC(CNC(C)(C)CNC(=O)C1CCOC1)COC(=O)c1cc(OCc2ccccc2)c(OCc2ccccc2)cc1C. The minimum atomic E-state index is -0.772. The van der Waals surface area contributed by atoms with E-state index >= 15 is 0 Å². The van der Waals surface area contributed by atoms with E-state index in [4.69, 9.17) is 28.4 Å². The van der Waals surface area contributed by atoms with Crippen LogP contribution in [-0.2, 0) is 41.8 Å². The normalized spacial score (nSPS) is 18.8. The number of esters is 2. The molecule has 1 amide bonds. The number of amides is 1. The van der Waals surface area contributed by atoms with E-state index in [0.717, 1.165) is 11.1 Å². The van der Waals surface area contributed by atoms with Crippen LogP contribution in [0.1, 0.15) is 53.7 Å². The highest BCUT2D eigenvalue weighted by Gasteiger charge is 2.45. The van der Waals surface area contributed by atoms with Gasteiger partial charge in [0.2, 0.25) is 5.91 Å². The maximum Gasteiger partial charge on any atom is 0.338 e. The van der Waals surface area contributed by atoms with E-state index in [1.165, 1.54) is 0 Å². The molecule has 11 heteroatoms. The molecule has 3 aromatic rings. The smallest absolute Gasteiger partial charge is 0.338 e. The van der Waals surface area contributed by atoms with E-state index < -0.39 is 17.6 Å². The summed E-state index contributed by atoms with van der Waals surface area (Å²) in [6.45, 7) is 8.18. The molecular formula is C40H50N2O9. The zero-order chi connectivity index (χ0) is 36.2. The average molecular weight is 703 g/mol. The van der Waals surface area contributed by atoms with Crippen molar-refractivity contribution in [1.82, 2.24) is 10.6 Å². The van der Waals surface area contributed by atoms with Crippen molar-refractivity contribution in [3.8, 4) is 11.5 Å². The van der Waals surface area contributed by atoms with E-state index in [-0.39, 0.29) is 49.4 Å². The summed E-state index contributed by atoms with van der Waals surface area (Å²) in [5.41, 5.74) is 2.37. The lowest BCUT2D eigenvalue weighted by molar-refractivity contribution is -0.153. The molecule has 1 saturated heterocycles. The average Bonchev–Trinajstić information content (AvgIpc) is 3.69. The Kier molecular flexibility index (Phi) is 13.5. The van der Waals surface area contributed by atoms with Gasteiger partial charge in [0.05, 0.1) is 24.0 Å². The highest BCUT2D eigenvalue weighted by Crippen LogP contribution is 2.40. The first kappa shape index (κ1) is 37.8. The number of ether oxygens (including phenoxy) is 6. The van der Waals surface area contributed by atoms with Crippen LogP contribution in [0.4, 0.5) is 0 Å². The molecule has 0 bridgehead atoms. The zero-order valence-corrected chi connectivity index (χ0v) is 30.0. The topological polar surface area (TPSA) is 131 Å². The first-order chi connectivity index (χ1) is 24.6. The Morgan fingerprint density at radius 2 is 1.59 bits per heavy atom. The van der Waals surface area contributed by atoms with E-state index in [1.807, 2.05) is 81.4 Å². The minimum Gasteiger partial charge on any atom is -0.485 e. The van der Waals surface area contributed by atoms with Crippen LogP contribution in [-0.4, -0.2) is 76.1 Å². The Morgan fingerprint density at radius 1 is 0.941 bits per heavy atom. The third-order valence-corrected chi connectivity index (χ3v) is 9.09. The summed E-state index contributed by atoms with van der Waals surface area (Å²) in [4.78, 5) is 39.2. The molecule has 5 rings (SSSR count). The van der Waals surface area contributed by atoms with Gasteiger partial charge in [-0.25, -0.2) is 4.79 Å². The van der Waals surface area contributed by atoms with Gasteiger partial charge in [-0.05, 0) is 68.4 Å². The molecular weight excluding hydrogens is 652 g/mol. The fraction of sp³-hybridized carbons (Fsp3) is 0.475. The largest absolute Gasteiger partial charge is 0.485 e. The number of carbonyl (C=O) groups excluding carboxylic acids is 3. The summed E-state index contributed by atoms with van der Waals surface area (Å²) in [5.74, 6) is -0.349. The standard InChI is InChI=1S/C40H50N2O9/c1-27-17-35(48-21-28-11-7-5-8-12-28)36(49-22-29-13-9-6-10-14-29)19-33(27)38(44)50-25-32(51-39(45)34-18-31(34)23-46-4)20-42-40(2,3)26-41-37(43)30-15-16-47-24-30/h5-14,17,19,30-32,34,42H,15-16,18,20-26H2,1-4H3,(H,41,43). The van der Waals surface area contributed by atoms with Crippen LogP contribution in [0.3, 0.4) is 0 Å². The van der Waals surface area contributed by atoms with Crippen LogP contribution < -0.4 is 20.1 Å². The van der Waals surface area contributed by atoms with Gasteiger partial charge >= 0.3 is 11.9 Å². The summed E-state index contributed by atoms with van der Waals surface area (Å²) in [6, 6.07) is 22.9. The Balaban J connectivity index is 1.25. The number of hydrogen-bond donors (Lipinski definition) is 2. The fourth-order valence-electron chi connectivity index (χ4n) is 5.79. The molecule has 2 aliphatic rings. The van der Waals surface area contributed by atoms with Crippen molar-refractivity contribution in [1.29, 1.82) is 0 Å². The van der Waals surface area contributed by atoms with Crippen molar-refractivity contribution in [2.75, 3.05) is 46.6 Å². The van der Waals surface area contributed by atoms with E-state index in [1.54, 1.807) is 19.2 Å². The van der Waals surface area contributed by atoms with Crippen molar-refractivity contribution in [3.63, 3.8) is 0 Å². The predicted molar refractivity (Wildman–Crippen MR) is 190 cm³/mol. The van der Waals surface area contributed by atoms with Gasteiger partial charge in [-0.1, -0.05) is 60.7 Å². The molecule has 3 aromatic carbocycles. The Bertz CT molecular complexity index is 1590. The van der Waals surface area contributed by atoms with Crippen molar-refractivity contribution in [2.45, 2.75) is 58.5 Å². The molecule has 1 heterocycles. The Labute approximate surface area is 300 Å². The first-order valence-corrected chi connectivity index (χ1v) is 17.6. The maximum absolute atomic E-state index is 13.6. The third-order valence-electron chi connectivity index (χ3n) is 9.09.